The van der Waals surface area contributed by atoms with Crippen molar-refractivity contribution in [2.45, 2.75) is 39.2 Å². The molecule has 3 rings (SSSR count). The summed E-state index contributed by atoms with van der Waals surface area (Å²) in [6.07, 6.45) is 3.65. The van der Waals surface area contributed by atoms with Gasteiger partial charge in [0.15, 0.2) is 0 Å². The molecular weight excluding hydrogens is 258 g/mol. The van der Waals surface area contributed by atoms with Gasteiger partial charge in [0, 0.05) is 11.4 Å². The van der Waals surface area contributed by atoms with Crippen LogP contribution in [0, 0.1) is 5.92 Å². The minimum absolute atomic E-state index is 0.445. The first kappa shape index (κ1) is 14.4. The van der Waals surface area contributed by atoms with Crippen LogP contribution in [-0.4, -0.2) is 13.7 Å². The third-order valence-corrected chi connectivity index (χ3v) is 4.72. The summed E-state index contributed by atoms with van der Waals surface area (Å²) in [5.41, 5.74) is 2.96. The Morgan fingerprint density at radius 1 is 1.24 bits per heavy atom. The van der Waals surface area contributed by atoms with Crippen LogP contribution in [0.5, 0.6) is 5.75 Å². The molecule has 0 fully saturated rings. The van der Waals surface area contributed by atoms with Crippen molar-refractivity contribution in [3.05, 3.63) is 41.5 Å². The number of methoxy groups -OCH3 is 1. The van der Waals surface area contributed by atoms with Gasteiger partial charge < -0.3 is 10.1 Å². The van der Waals surface area contributed by atoms with Crippen molar-refractivity contribution in [1.82, 2.24) is 5.32 Å². The molecule has 0 amide bonds. The standard InChI is InChI=1S/C19H25NO/c1-4-20-18-11-13(2)9-10-15-14-7-5-6-8-16(14)19(21-3)12-17(15)18/h5-8,12-13,18,20H,4,9-11H2,1-3H3. The molecule has 0 spiro atoms. The van der Waals surface area contributed by atoms with Gasteiger partial charge in [0.2, 0.25) is 0 Å². The smallest absolute Gasteiger partial charge is 0.127 e. The van der Waals surface area contributed by atoms with Crippen molar-refractivity contribution in [3.8, 4) is 5.75 Å². The van der Waals surface area contributed by atoms with Crippen molar-refractivity contribution >= 4 is 10.8 Å². The van der Waals surface area contributed by atoms with Crippen molar-refractivity contribution in [3.63, 3.8) is 0 Å². The fourth-order valence-corrected chi connectivity index (χ4v) is 3.66. The summed E-state index contributed by atoms with van der Waals surface area (Å²) in [5, 5.41) is 6.28. The van der Waals surface area contributed by atoms with E-state index in [0.717, 1.165) is 18.2 Å². The van der Waals surface area contributed by atoms with E-state index in [4.69, 9.17) is 4.74 Å². The van der Waals surface area contributed by atoms with E-state index < -0.39 is 0 Å². The third-order valence-electron chi connectivity index (χ3n) is 4.72. The lowest BCUT2D eigenvalue weighted by atomic mass is 9.92. The van der Waals surface area contributed by atoms with Crippen LogP contribution in [0.3, 0.4) is 0 Å². The maximum atomic E-state index is 5.66. The molecule has 1 aliphatic carbocycles. The van der Waals surface area contributed by atoms with Crippen LogP contribution in [0.2, 0.25) is 0 Å². The summed E-state index contributed by atoms with van der Waals surface area (Å²) in [6, 6.07) is 11.4. The van der Waals surface area contributed by atoms with Gasteiger partial charge in [-0.15, -0.1) is 0 Å². The van der Waals surface area contributed by atoms with Gasteiger partial charge in [0.05, 0.1) is 7.11 Å². The number of fused-ring (bicyclic) bond motifs is 3. The Labute approximate surface area is 127 Å². The predicted octanol–water partition coefficient (Wildman–Crippen LogP) is 4.47. The molecule has 2 unspecified atom stereocenters. The first-order chi connectivity index (χ1) is 10.2. The maximum Gasteiger partial charge on any atom is 0.127 e. The van der Waals surface area contributed by atoms with Gasteiger partial charge in [0.1, 0.15) is 5.75 Å². The number of hydrogen-bond donors (Lipinski definition) is 1. The summed E-state index contributed by atoms with van der Waals surface area (Å²) >= 11 is 0. The summed E-state index contributed by atoms with van der Waals surface area (Å²) in [7, 11) is 1.77. The molecule has 2 atom stereocenters. The molecule has 21 heavy (non-hydrogen) atoms. The lowest BCUT2D eigenvalue weighted by Gasteiger charge is -2.22. The van der Waals surface area contributed by atoms with Crippen LogP contribution in [-0.2, 0) is 6.42 Å². The largest absolute Gasteiger partial charge is 0.496 e. The van der Waals surface area contributed by atoms with Gasteiger partial charge in [-0.05, 0) is 54.3 Å². The Hall–Kier alpha value is -1.54. The molecule has 0 bridgehead atoms. The number of aryl methyl sites for hydroxylation is 1. The Kier molecular flexibility index (Phi) is 4.16. The lowest BCUT2D eigenvalue weighted by Crippen LogP contribution is -2.22. The van der Waals surface area contributed by atoms with Crippen molar-refractivity contribution in [2.75, 3.05) is 13.7 Å². The Morgan fingerprint density at radius 3 is 2.71 bits per heavy atom. The topological polar surface area (TPSA) is 21.3 Å². The van der Waals surface area contributed by atoms with Crippen LogP contribution >= 0.6 is 0 Å². The highest BCUT2D eigenvalue weighted by molar-refractivity contribution is 5.92. The SMILES string of the molecule is CCNC1CC(C)CCc2c1cc(OC)c1ccccc21. The van der Waals surface area contributed by atoms with Crippen LogP contribution < -0.4 is 10.1 Å². The summed E-state index contributed by atoms with van der Waals surface area (Å²) < 4.78 is 5.66. The second-order valence-corrected chi connectivity index (χ2v) is 6.18. The van der Waals surface area contributed by atoms with E-state index in [2.05, 4.69) is 49.5 Å². The zero-order chi connectivity index (χ0) is 14.8. The molecule has 0 saturated heterocycles. The zero-order valence-electron chi connectivity index (χ0n) is 13.3. The summed E-state index contributed by atoms with van der Waals surface area (Å²) in [5.74, 6) is 1.76. The van der Waals surface area contributed by atoms with E-state index in [-0.39, 0.29) is 0 Å². The van der Waals surface area contributed by atoms with Crippen LogP contribution in [0.4, 0.5) is 0 Å². The van der Waals surface area contributed by atoms with Crippen molar-refractivity contribution in [2.24, 2.45) is 5.92 Å². The van der Waals surface area contributed by atoms with Gasteiger partial charge >= 0.3 is 0 Å². The molecule has 0 aliphatic heterocycles. The lowest BCUT2D eigenvalue weighted by molar-refractivity contribution is 0.407. The monoisotopic (exact) mass is 283 g/mol. The normalized spacial score (nSPS) is 21.9. The second kappa shape index (κ2) is 6.07. The molecule has 0 heterocycles. The molecule has 0 saturated carbocycles. The highest BCUT2D eigenvalue weighted by Gasteiger charge is 2.24. The quantitative estimate of drug-likeness (QED) is 0.839. The van der Waals surface area contributed by atoms with E-state index in [0.29, 0.717) is 6.04 Å². The fraction of sp³-hybridized carbons (Fsp3) is 0.474. The molecule has 2 aromatic rings. The number of benzene rings is 2. The Balaban J connectivity index is 2.22. The number of ether oxygens (including phenoxy) is 1. The molecule has 112 valence electrons. The third kappa shape index (κ3) is 2.65. The molecule has 1 aliphatic rings. The molecule has 2 aromatic carbocycles. The molecule has 2 nitrogen and oxygen atoms in total. The first-order valence-electron chi connectivity index (χ1n) is 8.06. The van der Waals surface area contributed by atoms with Crippen LogP contribution in [0.25, 0.3) is 10.8 Å². The number of rotatable bonds is 3. The molecule has 2 heteroatoms. The number of nitrogens with one attached hydrogen (secondary N) is 1. The van der Waals surface area contributed by atoms with Gasteiger partial charge in [0.25, 0.3) is 0 Å². The minimum Gasteiger partial charge on any atom is -0.496 e. The average molecular weight is 283 g/mol. The maximum absolute atomic E-state index is 5.66. The van der Waals surface area contributed by atoms with Crippen LogP contribution in [0.1, 0.15) is 43.9 Å². The Bertz CT molecular complexity index is 635. The van der Waals surface area contributed by atoms with Gasteiger partial charge in [-0.3, -0.25) is 0 Å². The highest BCUT2D eigenvalue weighted by atomic mass is 16.5. The summed E-state index contributed by atoms with van der Waals surface area (Å²) in [6.45, 7) is 5.56. The van der Waals surface area contributed by atoms with Crippen LogP contribution in [0.15, 0.2) is 30.3 Å². The van der Waals surface area contributed by atoms with Crippen molar-refractivity contribution < 1.29 is 4.74 Å². The second-order valence-electron chi connectivity index (χ2n) is 6.18. The zero-order valence-corrected chi connectivity index (χ0v) is 13.3. The van der Waals surface area contributed by atoms with E-state index in [1.807, 2.05) is 0 Å². The first-order valence-corrected chi connectivity index (χ1v) is 8.06. The van der Waals surface area contributed by atoms with E-state index in [9.17, 15) is 0 Å². The van der Waals surface area contributed by atoms with E-state index in [1.165, 1.54) is 41.2 Å². The highest BCUT2D eigenvalue weighted by Crippen LogP contribution is 2.39. The molecular formula is C19H25NO. The van der Waals surface area contributed by atoms with E-state index >= 15 is 0 Å². The average Bonchev–Trinajstić information content (AvgIpc) is 2.66. The number of hydrogen-bond acceptors (Lipinski definition) is 2. The van der Waals surface area contributed by atoms with Gasteiger partial charge in [-0.1, -0.05) is 38.1 Å². The molecule has 1 N–H and O–H groups in total. The Morgan fingerprint density at radius 2 is 2.00 bits per heavy atom. The molecule has 0 radical (unpaired) electrons. The van der Waals surface area contributed by atoms with Crippen molar-refractivity contribution in [1.29, 1.82) is 0 Å². The van der Waals surface area contributed by atoms with Gasteiger partial charge in [-0.2, -0.15) is 0 Å². The van der Waals surface area contributed by atoms with Gasteiger partial charge in [-0.25, -0.2) is 0 Å². The molecule has 0 aromatic heterocycles. The minimum atomic E-state index is 0.445. The van der Waals surface area contributed by atoms with E-state index in [1.54, 1.807) is 7.11 Å². The predicted molar refractivity (Wildman–Crippen MR) is 89.0 cm³/mol. The fourth-order valence-electron chi connectivity index (χ4n) is 3.66. The summed E-state index contributed by atoms with van der Waals surface area (Å²) in [4.78, 5) is 0.